The van der Waals surface area contributed by atoms with Crippen molar-refractivity contribution in [2.75, 3.05) is 39.6 Å². The normalized spacial score (nSPS) is 12.6. The molecule has 0 bridgehead atoms. The Bertz CT molecular complexity index is 1340. The van der Waals surface area contributed by atoms with Gasteiger partial charge in [-0.3, -0.25) is 9.59 Å². The van der Waals surface area contributed by atoms with Gasteiger partial charge in [0.1, 0.15) is 24.7 Å². The Labute approximate surface area is 268 Å². The van der Waals surface area contributed by atoms with E-state index in [9.17, 15) is 9.59 Å². The van der Waals surface area contributed by atoms with Crippen LogP contribution in [0.4, 0.5) is 0 Å². The molecule has 0 radical (unpaired) electrons. The van der Waals surface area contributed by atoms with Crippen molar-refractivity contribution in [1.29, 1.82) is 0 Å². The molecule has 0 aliphatic carbocycles. The first-order chi connectivity index (χ1) is 21.9. The summed E-state index contributed by atoms with van der Waals surface area (Å²) in [5, 5.41) is 3.49. The highest BCUT2D eigenvalue weighted by Crippen LogP contribution is 2.43. The topological polar surface area (TPSA) is 89.5 Å². The first-order valence-electron chi connectivity index (χ1n) is 16.7. The Morgan fingerprint density at radius 1 is 0.600 bits per heavy atom. The van der Waals surface area contributed by atoms with Crippen molar-refractivity contribution in [3.05, 3.63) is 48.0 Å². The minimum atomic E-state index is -0.542. The fraction of sp³-hybridized carbons (Fsp3) is 0.568. The average molecular weight is 625 g/mol. The smallest absolute Gasteiger partial charge is 0.305 e. The van der Waals surface area contributed by atoms with Gasteiger partial charge in [-0.1, -0.05) is 95.3 Å². The molecule has 0 aliphatic heterocycles. The van der Waals surface area contributed by atoms with E-state index in [0.29, 0.717) is 24.7 Å². The molecule has 3 rings (SSSR count). The molecular weight excluding hydrogens is 572 g/mol. The monoisotopic (exact) mass is 624 g/mol. The molecule has 8 heteroatoms. The molecule has 0 saturated heterocycles. The number of hydrogen-bond donors (Lipinski definition) is 0. The van der Waals surface area contributed by atoms with Gasteiger partial charge in [0.15, 0.2) is 12.2 Å². The molecular formula is C37H52O8. The van der Waals surface area contributed by atoms with Crippen LogP contribution in [0, 0.1) is 6.92 Å². The zero-order valence-corrected chi connectivity index (χ0v) is 27.9. The lowest BCUT2D eigenvalue weighted by atomic mass is 9.99. The van der Waals surface area contributed by atoms with Crippen LogP contribution in [0.15, 0.2) is 42.5 Å². The van der Waals surface area contributed by atoms with E-state index >= 15 is 0 Å². The lowest BCUT2D eigenvalue weighted by molar-refractivity contribution is -0.154. The molecule has 3 aromatic rings. The molecule has 3 aromatic carbocycles. The van der Waals surface area contributed by atoms with Crippen molar-refractivity contribution >= 4 is 33.5 Å². The fourth-order valence-corrected chi connectivity index (χ4v) is 4.99. The zero-order valence-electron chi connectivity index (χ0n) is 27.9. The Morgan fingerprint density at radius 2 is 1.07 bits per heavy atom. The third kappa shape index (κ3) is 11.5. The van der Waals surface area contributed by atoms with Crippen LogP contribution in [0.3, 0.4) is 0 Å². The third-order valence-electron chi connectivity index (χ3n) is 7.47. The van der Waals surface area contributed by atoms with Crippen LogP contribution in [0.5, 0.6) is 11.5 Å². The molecule has 0 fully saturated rings. The van der Waals surface area contributed by atoms with Gasteiger partial charge in [0.05, 0.1) is 13.2 Å². The number of ether oxygens (including phenoxy) is 6. The lowest BCUT2D eigenvalue weighted by Crippen LogP contribution is -2.30. The molecule has 0 amide bonds. The van der Waals surface area contributed by atoms with E-state index in [0.717, 1.165) is 65.6 Å². The average Bonchev–Trinajstić information content (AvgIpc) is 3.05. The molecule has 0 saturated carbocycles. The molecule has 45 heavy (non-hydrogen) atoms. The molecule has 248 valence electrons. The molecule has 2 atom stereocenters. The summed E-state index contributed by atoms with van der Waals surface area (Å²) in [7, 11) is 0. The predicted molar refractivity (Wildman–Crippen MR) is 178 cm³/mol. The van der Waals surface area contributed by atoms with Crippen molar-refractivity contribution in [1.82, 2.24) is 0 Å². The van der Waals surface area contributed by atoms with E-state index in [2.05, 4.69) is 19.9 Å². The standard InChI is InChI=1S/C37H52O8/c1-6-10-14-20-40-23-28(44-34(38)8-3)25-42-36-30-16-12-13-17-31(30)37(33-22-27(5)18-19-32(33)36)43-26-29(45-35(39)9-4)24-41-21-15-11-7-2/h12-13,16-19,22,28-29H,6-11,14-15,20-21,23-26H2,1-5H3. The number of hydrogen-bond acceptors (Lipinski definition) is 8. The highest BCUT2D eigenvalue weighted by Gasteiger charge is 2.22. The van der Waals surface area contributed by atoms with Gasteiger partial charge in [0.25, 0.3) is 0 Å². The third-order valence-corrected chi connectivity index (χ3v) is 7.47. The summed E-state index contributed by atoms with van der Waals surface area (Å²) < 4.78 is 36.1. The van der Waals surface area contributed by atoms with Crippen molar-refractivity contribution < 1.29 is 38.0 Å². The van der Waals surface area contributed by atoms with Crippen molar-refractivity contribution in [2.45, 2.75) is 98.2 Å². The van der Waals surface area contributed by atoms with Crippen LogP contribution >= 0.6 is 0 Å². The SMILES string of the molecule is CCCCCOCC(COc1c2ccccc2c(OCC(COCCCCC)OC(=O)CC)c2cc(C)ccc12)OC(=O)CC. The molecule has 0 N–H and O–H groups in total. The summed E-state index contributed by atoms with van der Waals surface area (Å²) >= 11 is 0. The fourth-order valence-electron chi connectivity index (χ4n) is 4.99. The maximum atomic E-state index is 12.2. The number of rotatable bonds is 22. The van der Waals surface area contributed by atoms with Gasteiger partial charge in [-0.15, -0.1) is 0 Å². The molecule has 0 aliphatic rings. The highest BCUT2D eigenvalue weighted by molar-refractivity contribution is 6.11. The largest absolute Gasteiger partial charge is 0.488 e. The van der Waals surface area contributed by atoms with Gasteiger partial charge in [0, 0.05) is 47.6 Å². The highest BCUT2D eigenvalue weighted by atomic mass is 16.6. The van der Waals surface area contributed by atoms with Crippen molar-refractivity contribution in [2.24, 2.45) is 0 Å². The second-order valence-corrected chi connectivity index (χ2v) is 11.4. The summed E-state index contributed by atoms with van der Waals surface area (Å²) in [6.07, 6.45) is 5.81. The number of esters is 2. The Kier molecular flexibility index (Phi) is 16.0. The van der Waals surface area contributed by atoms with Crippen molar-refractivity contribution in [3.63, 3.8) is 0 Å². The molecule has 8 nitrogen and oxygen atoms in total. The predicted octanol–water partition coefficient (Wildman–Crippen LogP) is 8.12. The number of benzene rings is 3. The second kappa shape index (κ2) is 19.9. The quantitative estimate of drug-likeness (QED) is 0.0629. The van der Waals surface area contributed by atoms with Gasteiger partial charge in [-0.2, -0.15) is 0 Å². The van der Waals surface area contributed by atoms with Gasteiger partial charge >= 0.3 is 11.9 Å². The summed E-state index contributed by atoms with van der Waals surface area (Å²) in [5.41, 5.74) is 1.07. The maximum Gasteiger partial charge on any atom is 0.305 e. The van der Waals surface area contributed by atoms with Gasteiger partial charge in [-0.25, -0.2) is 0 Å². The Hall–Kier alpha value is -3.36. The number of aryl methyl sites for hydroxylation is 1. The Morgan fingerprint density at radius 3 is 1.53 bits per heavy atom. The van der Waals surface area contributed by atoms with Gasteiger partial charge in [0.2, 0.25) is 0 Å². The van der Waals surface area contributed by atoms with E-state index in [1.807, 2.05) is 43.3 Å². The second-order valence-electron chi connectivity index (χ2n) is 11.4. The van der Waals surface area contributed by atoms with E-state index in [1.165, 1.54) is 0 Å². The number of unbranched alkanes of at least 4 members (excludes halogenated alkanes) is 4. The minimum absolute atomic E-state index is 0.150. The molecule has 0 aromatic heterocycles. The van der Waals surface area contributed by atoms with Crippen LogP contribution in [0.2, 0.25) is 0 Å². The maximum absolute atomic E-state index is 12.2. The molecule has 0 heterocycles. The van der Waals surface area contributed by atoms with Crippen molar-refractivity contribution in [3.8, 4) is 11.5 Å². The summed E-state index contributed by atoms with van der Waals surface area (Å²) in [4.78, 5) is 24.4. The van der Waals surface area contributed by atoms with Crippen LogP contribution in [-0.4, -0.2) is 63.8 Å². The van der Waals surface area contributed by atoms with Crippen LogP contribution in [-0.2, 0) is 28.5 Å². The number of carbonyl (C=O) groups excluding carboxylic acids is 2. The van der Waals surface area contributed by atoms with E-state index in [-0.39, 0.29) is 51.2 Å². The first-order valence-corrected chi connectivity index (χ1v) is 16.7. The van der Waals surface area contributed by atoms with Crippen LogP contribution < -0.4 is 9.47 Å². The number of fused-ring (bicyclic) bond motifs is 2. The summed E-state index contributed by atoms with van der Waals surface area (Å²) in [6.45, 7) is 11.9. The van der Waals surface area contributed by atoms with Gasteiger partial charge in [-0.05, 0) is 25.8 Å². The minimum Gasteiger partial charge on any atom is -0.488 e. The van der Waals surface area contributed by atoms with E-state index in [4.69, 9.17) is 28.4 Å². The van der Waals surface area contributed by atoms with Crippen LogP contribution in [0.25, 0.3) is 21.5 Å². The first kappa shape index (κ1) is 36.1. The molecule has 2 unspecified atom stereocenters. The summed E-state index contributed by atoms with van der Waals surface area (Å²) in [5.74, 6) is 0.795. The zero-order chi connectivity index (χ0) is 32.4. The number of carbonyl (C=O) groups is 2. The van der Waals surface area contributed by atoms with E-state index < -0.39 is 12.2 Å². The molecule has 0 spiro atoms. The van der Waals surface area contributed by atoms with Crippen LogP contribution in [0.1, 0.15) is 84.6 Å². The van der Waals surface area contributed by atoms with E-state index in [1.54, 1.807) is 13.8 Å². The Balaban J connectivity index is 1.90. The lowest BCUT2D eigenvalue weighted by Gasteiger charge is -2.23. The summed E-state index contributed by atoms with van der Waals surface area (Å²) in [6, 6.07) is 14.1. The van der Waals surface area contributed by atoms with Gasteiger partial charge < -0.3 is 28.4 Å².